The van der Waals surface area contributed by atoms with Crippen LogP contribution in [0.3, 0.4) is 0 Å². The fourth-order valence-corrected chi connectivity index (χ4v) is 5.02. The van der Waals surface area contributed by atoms with Gasteiger partial charge in [0.1, 0.15) is 5.00 Å². The molecule has 0 amide bonds. The Balaban J connectivity index is 1.96. The number of fused-ring (bicyclic) bond motifs is 1. The molecule has 0 atom stereocenters. The Bertz CT molecular complexity index is 1510. The van der Waals surface area contributed by atoms with E-state index in [0.717, 1.165) is 21.6 Å². The van der Waals surface area contributed by atoms with E-state index in [2.05, 4.69) is 4.99 Å². The lowest BCUT2D eigenvalue weighted by Crippen LogP contribution is -2.21. The highest BCUT2D eigenvalue weighted by Crippen LogP contribution is 2.36. The van der Waals surface area contributed by atoms with Crippen LogP contribution in [0.5, 0.6) is 5.88 Å². The minimum atomic E-state index is -0.425. The van der Waals surface area contributed by atoms with Gasteiger partial charge in [0.25, 0.3) is 5.56 Å². The minimum Gasteiger partial charge on any atom is -0.494 e. The Morgan fingerprint density at radius 1 is 1.12 bits per heavy atom. The van der Waals surface area contributed by atoms with E-state index < -0.39 is 5.97 Å². The molecule has 0 saturated heterocycles. The van der Waals surface area contributed by atoms with Crippen molar-refractivity contribution in [3.63, 3.8) is 0 Å². The van der Waals surface area contributed by atoms with Gasteiger partial charge >= 0.3 is 5.97 Å². The van der Waals surface area contributed by atoms with E-state index >= 15 is 0 Å². The molecule has 2 aromatic carbocycles. The number of carbonyl (C=O) groups is 1. The molecule has 0 aliphatic carbocycles. The van der Waals surface area contributed by atoms with Gasteiger partial charge in [0.2, 0.25) is 5.88 Å². The van der Waals surface area contributed by atoms with Crippen molar-refractivity contribution in [3.05, 3.63) is 85.5 Å². The molecule has 174 valence electrons. The molecule has 0 aliphatic heterocycles. The predicted octanol–water partition coefficient (Wildman–Crippen LogP) is 5.92. The Labute approximate surface area is 201 Å². The number of nitrogens with zero attached hydrogens (tertiary/aromatic N) is 2. The fraction of sp³-hybridized carbons (Fsp3) is 0.222. The molecule has 0 unspecified atom stereocenters. The van der Waals surface area contributed by atoms with Gasteiger partial charge in [-0.2, -0.15) is 0 Å². The maximum absolute atomic E-state index is 13.4. The molecule has 0 fully saturated rings. The first kappa shape index (κ1) is 23.4. The average molecular weight is 475 g/mol. The van der Waals surface area contributed by atoms with Crippen molar-refractivity contribution in [1.82, 2.24) is 4.57 Å². The molecule has 4 aromatic rings. The number of esters is 1. The summed E-state index contributed by atoms with van der Waals surface area (Å²) in [5.41, 5.74) is 3.86. The summed E-state index contributed by atoms with van der Waals surface area (Å²) in [6.45, 7) is 9.70. The smallest absolute Gasteiger partial charge is 0.341 e. The number of ether oxygens (including phenoxy) is 1. The second-order valence-electron chi connectivity index (χ2n) is 8.16. The Morgan fingerprint density at radius 2 is 1.82 bits per heavy atom. The van der Waals surface area contributed by atoms with Crippen LogP contribution in [0.25, 0.3) is 16.5 Å². The summed E-state index contributed by atoms with van der Waals surface area (Å²) in [4.78, 5) is 31.5. The van der Waals surface area contributed by atoms with Crippen LogP contribution in [0.15, 0.2) is 52.3 Å². The summed E-state index contributed by atoms with van der Waals surface area (Å²) < 4.78 is 6.54. The number of carbonyl (C=O) groups excluding carboxylic acids is 1. The van der Waals surface area contributed by atoms with Crippen LogP contribution in [0.2, 0.25) is 0 Å². The van der Waals surface area contributed by atoms with Gasteiger partial charge in [0.05, 0.1) is 23.4 Å². The number of hydrogen-bond acceptors (Lipinski definition) is 6. The second-order valence-corrected chi connectivity index (χ2v) is 9.36. The first-order chi connectivity index (χ1) is 16.2. The highest BCUT2D eigenvalue weighted by Gasteiger charge is 2.21. The van der Waals surface area contributed by atoms with Gasteiger partial charge in [-0.3, -0.25) is 4.79 Å². The van der Waals surface area contributed by atoms with Crippen molar-refractivity contribution in [2.24, 2.45) is 4.99 Å². The normalized spacial score (nSPS) is 11.4. The molecule has 6 nitrogen and oxygen atoms in total. The Morgan fingerprint density at radius 3 is 2.50 bits per heavy atom. The van der Waals surface area contributed by atoms with Gasteiger partial charge in [-0.05, 0) is 57.9 Å². The molecule has 0 saturated carbocycles. The monoisotopic (exact) mass is 474 g/mol. The highest BCUT2D eigenvalue weighted by atomic mass is 32.1. The van der Waals surface area contributed by atoms with Crippen LogP contribution in [0.1, 0.15) is 44.4 Å². The zero-order chi connectivity index (χ0) is 24.6. The van der Waals surface area contributed by atoms with Gasteiger partial charge in [-0.15, -0.1) is 11.3 Å². The Kier molecular flexibility index (Phi) is 6.39. The summed E-state index contributed by atoms with van der Waals surface area (Å²) >= 11 is 1.38. The van der Waals surface area contributed by atoms with Gasteiger partial charge in [0, 0.05) is 21.9 Å². The largest absolute Gasteiger partial charge is 0.494 e. The van der Waals surface area contributed by atoms with Gasteiger partial charge in [-0.1, -0.05) is 35.9 Å². The molecule has 1 N–H and O–H groups in total. The lowest BCUT2D eigenvalue weighted by molar-refractivity contribution is 0.0527. The van der Waals surface area contributed by atoms with Crippen LogP contribution < -0.4 is 5.56 Å². The third-order valence-corrected chi connectivity index (χ3v) is 6.97. The van der Waals surface area contributed by atoms with Crippen LogP contribution in [0.4, 0.5) is 5.00 Å². The third kappa shape index (κ3) is 4.03. The van der Waals surface area contributed by atoms with E-state index in [0.29, 0.717) is 32.6 Å². The number of pyridine rings is 1. The summed E-state index contributed by atoms with van der Waals surface area (Å²) in [5, 5.41) is 12.8. The van der Waals surface area contributed by atoms with Crippen molar-refractivity contribution in [3.8, 4) is 11.6 Å². The fourth-order valence-electron chi connectivity index (χ4n) is 4.04. The van der Waals surface area contributed by atoms with E-state index in [1.807, 2.05) is 52.0 Å². The first-order valence-electron chi connectivity index (χ1n) is 11.0. The van der Waals surface area contributed by atoms with Gasteiger partial charge in [0.15, 0.2) is 0 Å². The second kappa shape index (κ2) is 9.27. The summed E-state index contributed by atoms with van der Waals surface area (Å²) in [6.07, 6.45) is 1.52. The van der Waals surface area contributed by atoms with Crippen LogP contribution >= 0.6 is 11.3 Å². The lowest BCUT2D eigenvalue weighted by Gasteiger charge is -2.16. The van der Waals surface area contributed by atoms with Gasteiger partial charge < -0.3 is 9.84 Å². The molecular formula is C27H26N2O4S. The number of thiophene rings is 1. The standard InChI is InChI=1S/C27H26N2O4S/c1-6-33-27(32)23-17(4)18(5)34-24(23)28-14-21-19-9-7-8-10-20(19)25(30)29(26(21)31)22-12-11-15(2)13-16(22)3/h7-14,31H,6H2,1-5H3/b28-14+. The van der Waals surface area contributed by atoms with E-state index in [-0.39, 0.29) is 18.0 Å². The molecular weight excluding hydrogens is 448 g/mol. The third-order valence-electron chi connectivity index (χ3n) is 5.85. The predicted molar refractivity (Wildman–Crippen MR) is 138 cm³/mol. The number of aliphatic imine (C=N–C) groups is 1. The molecule has 2 heterocycles. The molecule has 0 spiro atoms. The van der Waals surface area contributed by atoms with Crippen LogP contribution in [0, 0.1) is 27.7 Å². The molecule has 0 bridgehead atoms. The molecule has 4 rings (SSSR count). The zero-order valence-corrected chi connectivity index (χ0v) is 20.6. The number of aromatic nitrogens is 1. The first-order valence-corrected chi connectivity index (χ1v) is 11.8. The number of aryl methyl sites for hydroxylation is 3. The minimum absolute atomic E-state index is 0.206. The van der Waals surface area contributed by atoms with Crippen molar-refractivity contribution < 1.29 is 14.6 Å². The summed E-state index contributed by atoms with van der Waals surface area (Å²) in [7, 11) is 0. The summed E-state index contributed by atoms with van der Waals surface area (Å²) in [5.74, 6) is -0.632. The van der Waals surface area contributed by atoms with E-state index in [1.165, 1.54) is 22.1 Å². The maximum Gasteiger partial charge on any atom is 0.341 e. The SMILES string of the molecule is CCOC(=O)c1c(/N=C/c2c(O)n(-c3ccc(C)cc3C)c(=O)c3ccccc23)sc(C)c1C. The quantitative estimate of drug-likeness (QED) is 0.288. The van der Waals surface area contributed by atoms with Crippen molar-refractivity contribution in [2.45, 2.75) is 34.6 Å². The highest BCUT2D eigenvalue weighted by molar-refractivity contribution is 7.16. The van der Waals surface area contributed by atoms with Crippen molar-refractivity contribution in [1.29, 1.82) is 0 Å². The molecule has 0 aliphatic rings. The van der Waals surface area contributed by atoms with Gasteiger partial charge in [-0.25, -0.2) is 14.4 Å². The topological polar surface area (TPSA) is 80.9 Å². The average Bonchev–Trinajstić information content (AvgIpc) is 3.08. The van der Waals surface area contributed by atoms with E-state index in [4.69, 9.17) is 4.74 Å². The summed E-state index contributed by atoms with van der Waals surface area (Å²) in [6, 6.07) is 12.8. The van der Waals surface area contributed by atoms with E-state index in [1.54, 1.807) is 25.1 Å². The van der Waals surface area contributed by atoms with Crippen LogP contribution in [-0.2, 0) is 4.74 Å². The van der Waals surface area contributed by atoms with E-state index in [9.17, 15) is 14.7 Å². The number of hydrogen-bond donors (Lipinski definition) is 1. The zero-order valence-electron chi connectivity index (χ0n) is 19.8. The number of aromatic hydroxyl groups is 1. The van der Waals surface area contributed by atoms with Crippen molar-refractivity contribution >= 4 is 39.3 Å². The van der Waals surface area contributed by atoms with Crippen LogP contribution in [-0.4, -0.2) is 28.5 Å². The number of benzene rings is 2. The molecule has 34 heavy (non-hydrogen) atoms. The number of rotatable bonds is 5. The Hall–Kier alpha value is -3.71. The lowest BCUT2D eigenvalue weighted by atomic mass is 10.1. The molecule has 7 heteroatoms. The maximum atomic E-state index is 13.4. The molecule has 0 radical (unpaired) electrons. The van der Waals surface area contributed by atoms with Crippen molar-refractivity contribution in [2.75, 3.05) is 6.61 Å². The molecule has 2 aromatic heterocycles.